The van der Waals surface area contributed by atoms with Crippen molar-refractivity contribution >= 4 is 68.2 Å². The molecule has 0 fully saturated rings. The van der Waals surface area contributed by atoms with Crippen molar-refractivity contribution < 1.29 is 9.59 Å². The second-order valence-electron chi connectivity index (χ2n) is 11.4. The number of Topliss-reactive ketones (excluding diaryl/α,β-unsaturated/α-hetero) is 2. The molecule has 0 aliphatic heterocycles. The van der Waals surface area contributed by atoms with Gasteiger partial charge in [-0.15, -0.1) is 20.4 Å². The maximum absolute atomic E-state index is 13.7. The molecule has 0 amide bonds. The molecule has 0 saturated carbocycles. The van der Waals surface area contributed by atoms with E-state index >= 15 is 0 Å². The molecule has 10 heteroatoms. The summed E-state index contributed by atoms with van der Waals surface area (Å²) >= 11 is 2.72. The molecule has 45 heavy (non-hydrogen) atoms. The topological polar surface area (TPSA) is 94.5 Å². The number of rotatable bonds is 8. The van der Waals surface area contributed by atoms with Crippen LogP contribution < -0.4 is 0 Å². The van der Waals surface area contributed by atoms with Gasteiger partial charge in [0.05, 0.1) is 22.5 Å². The number of carbonyl (C=O) groups is 2. The van der Waals surface area contributed by atoms with Gasteiger partial charge in [-0.25, -0.2) is 0 Å². The average Bonchev–Trinajstić information content (AvgIpc) is 3.63. The van der Waals surface area contributed by atoms with Gasteiger partial charge in [-0.3, -0.25) is 18.4 Å². The molecule has 0 atom stereocenters. The molecule has 0 aliphatic rings. The summed E-state index contributed by atoms with van der Waals surface area (Å²) in [6, 6.07) is 22.2. The first-order valence-electron chi connectivity index (χ1n) is 14.6. The van der Waals surface area contributed by atoms with E-state index in [9.17, 15) is 9.59 Å². The van der Waals surface area contributed by atoms with Crippen molar-refractivity contribution in [2.75, 3.05) is 11.5 Å². The monoisotopic (exact) mass is 630 g/mol. The Bertz CT molecular complexity index is 2180. The van der Waals surface area contributed by atoms with E-state index in [0.29, 0.717) is 27.0 Å². The number of aromatic nitrogens is 6. The molecule has 3 aromatic carbocycles. The minimum Gasteiger partial charge on any atom is -0.293 e. The number of pyridine rings is 2. The molecule has 0 bridgehead atoms. The fraction of sp³-hybridized carbons (Fsp3) is 0.200. The lowest BCUT2D eigenvalue weighted by Crippen LogP contribution is -2.15. The van der Waals surface area contributed by atoms with E-state index in [-0.39, 0.29) is 23.1 Å². The van der Waals surface area contributed by atoms with Gasteiger partial charge in [0.25, 0.3) is 0 Å². The third-order valence-electron chi connectivity index (χ3n) is 8.34. The highest BCUT2D eigenvalue weighted by Gasteiger charge is 2.23. The zero-order valence-corrected chi connectivity index (χ0v) is 27.2. The molecule has 4 aromatic heterocycles. The minimum absolute atomic E-state index is 0.0461. The van der Waals surface area contributed by atoms with E-state index in [4.69, 9.17) is 0 Å². The Morgan fingerprint density at radius 2 is 1.00 bits per heavy atom. The average molecular weight is 631 g/mol. The van der Waals surface area contributed by atoms with Gasteiger partial charge in [0.2, 0.25) is 0 Å². The first kappa shape index (κ1) is 29.2. The molecule has 0 spiro atoms. The smallest absolute Gasteiger partial charge is 0.196 e. The van der Waals surface area contributed by atoms with Gasteiger partial charge in [0.15, 0.2) is 33.2 Å². The van der Waals surface area contributed by atoms with Gasteiger partial charge < -0.3 is 0 Å². The number of para-hydroxylation sites is 2. The van der Waals surface area contributed by atoms with Crippen LogP contribution in [0.25, 0.3) is 33.1 Å². The quantitative estimate of drug-likeness (QED) is 0.125. The summed E-state index contributed by atoms with van der Waals surface area (Å²) in [5.74, 6) is 0.258. The number of hydrogen-bond donors (Lipinski definition) is 0. The Balaban J connectivity index is 1.15. The van der Waals surface area contributed by atoms with Crippen LogP contribution in [-0.4, -0.2) is 52.3 Å². The van der Waals surface area contributed by atoms with Crippen LogP contribution in [0.3, 0.4) is 0 Å². The molecule has 0 radical (unpaired) electrons. The Hall–Kier alpha value is -4.54. The predicted molar refractivity (Wildman–Crippen MR) is 181 cm³/mol. The van der Waals surface area contributed by atoms with E-state index in [1.165, 1.54) is 23.5 Å². The Morgan fingerprint density at radius 3 is 1.44 bits per heavy atom. The highest BCUT2D eigenvalue weighted by molar-refractivity contribution is 8.00. The number of hydrogen-bond acceptors (Lipinski definition) is 8. The lowest BCUT2D eigenvalue weighted by Gasteiger charge is -2.16. The zero-order chi connectivity index (χ0) is 31.4. The first-order chi connectivity index (χ1) is 21.7. The van der Waals surface area contributed by atoms with Gasteiger partial charge in [0.1, 0.15) is 0 Å². The predicted octanol–water partition coefficient (Wildman–Crippen LogP) is 7.57. The summed E-state index contributed by atoms with van der Waals surface area (Å²) in [6.45, 7) is 9.86. The number of carbonyl (C=O) groups excluding carboxylic acids is 2. The molecule has 8 nitrogen and oxygen atoms in total. The van der Waals surface area contributed by atoms with E-state index in [0.717, 1.165) is 55.4 Å². The lowest BCUT2D eigenvalue weighted by molar-refractivity contribution is 0.102. The van der Waals surface area contributed by atoms with Crippen LogP contribution in [0, 0.1) is 34.6 Å². The van der Waals surface area contributed by atoms with Crippen LogP contribution in [0.15, 0.2) is 77.0 Å². The van der Waals surface area contributed by atoms with Gasteiger partial charge in [0, 0.05) is 21.9 Å². The second-order valence-corrected chi connectivity index (χ2v) is 13.2. The SMILES string of the molecule is Cc1cc(C)c(C(=O)CSc2nnc3cc(C)c4ccccc4n23)c(C)c1C(=O)CSc1nnc2cc(C)c3ccccc3n12. The summed E-state index contributed by atoms with van der Waals surface area (Å²) in [5, 5.41) is 21.1. The number of benzene rings is 3. The van der Waals surface area contributed by atoms with E-state index in [2.05, 4.69) is 46.4 Å². The van der Waals surface area contributed by atoms with Crippen LogP contribution >= 0.6 is 23.5 Å². The molecule has 0 N–H and O–H groups in total. The van der Waals surface area contributed by atoms with Gasteiger partial charge in [-0.2, -0.15) is 0 Å². The molecule has 224 valence electrons. The van der Waals surface area contributed by atoms with E-state index < -0.39 is 0 Å². The van der Waals surface area contributed by atoms with Crippen LogP contribution in [0.4, 0.5) is 0 Å². The number of ketones is 2. The van der Waals surface area contributed by atoms with Crippen molar-refractivity contribution in [3.8, 4) is 0 Å². The Morgan fingerprint density at radius 1 is 0.578 bits per heavy atom. The van der Waals surface area contributed by atoms with Gasteiger partial charge in [-0.1, -0.05) is 66.0 Å². The minimum atomic E-state index is -0.0461. The molecular formula is C35H30N6O2S2. The van der Waals surface area contributed by atoms with Crippen LogP contribution in [0.5, 0.6) is 0 Å². The summed E-state index contributed by atoms with van der Waals surface area (Å²) in [7, 11) is 0. The normalized spacial score (nSPS) is 11.8. The molecule has 7 rings (SSSR count). The van der Waals surface area contributed by atoms with Crippen molar-refractivity contribution in [2.45, 2.75) is 44.9 Å². The summed E-state index contributed by atoms with van der Waals surface area (Å²) in [4.78, 5) is 27.5. The fourth-order valence-electron chi connectivity index (χ4n) is 6.38. The fourth-order valence-corrected chi connectivity index (χ4v) is 8.03. The molecular weight excluding hydrogens is 601 g/mol. The molecule has 7 aromatic rings. The lowest BCUT2D eigenvalue weighted by atomic mass is 9.90. The third-order valence-corrected chi connectivity index (χ3v) is 10.2. The van der Waals surface area contributed by atoms with Crippen molar-refractivity contribution in [2.24, 2.45) is 0 Å². The summed E-state index contributed by atoms with van der Waals surface area (Å²) in [6.07, 6.45) is 0. The highest BCUT2D eigenvalue weighted by Crippen LogP contribution is 2.31. The Labute approximate surface area is 268 Å². The standard InChI is InChI=1S/C35H30N6O2S2/c1-19-15-30-36-38-34(40(30)26-12-8-6-10-24(19)26)44-17-28(42)32-21(3)14-22(4)33(23(32)5)29(43)18-45-35-39-37-31-16-20(2)25-11-7-9-13-27(25)41(31)35/h6-16H,17-18H2,1-5H3. The van der Waals surface area contributed by atoms with Gasteiger partial charge >= 0.3 is 0 Å². The molecule has 0 saturated heterocycles. The number of nitrogens with zero attached hydrogens (tertiary/aromatic N) is 6. The van der Waals surface area contributed by atoms with Crippen LogP contribution in [-0.2, 0) is 0 Å². The van der Waals surface area contributed by atoms with Crippen molar-refractivity contribution in [3.05, 3.63) is 106 Å². The maximum atomic E-state index is 13.7. The first-order valence-corrected chi connectivity index (χ1v) is 16.6. The Kier molecular flexibility index (Phi) is 7.41. The highest BCUT2D eigenvalue weighted by atomic mass is 32.2. The van der Waals surface area contributed by atoms with E-state index in [1.807, 2.05) is 84.2 Å². The maximum Gasteiger partial charge on any atom is 0.196 e. The van der Waals surface area contributed by atoms with Crippen LogP contribution in [0.2, 0.25) is 0 Å². The number of aryl methyl sites for hydroxylation is 4. The largest absolute Gasteiger partial charge is 0.293 e. The number of thioether (sulfide) groups is 2. The molecule has 4 heterocycles. The van der Waals surface area contributed by atoms with E-state index in [1.54, 1.807) is 0 Å². The van der Waals surface area contributed by atoms with Gasteiger partial charge in [-0.05, 0) is 86.7 Å². The molecule has 0 aliphatic carbocycles. The van der Waals surface area contributed by atoms with Crippen LogP contribution in [0.1, 0.15) is 48.5 Å². The number of fused-ring (bicyclic) bond motifs is 6. The van der Waals surface area contributed by atoms with Crippen molar-refractivity contribution in [3.63, 3.8) is 0 Å². The summed E-state index contributed by atoms with van der Waals surface area (Å²) < 4.78 is 4.00. The van der Waals surface area contributed by atoms with Crippen molar-refractivity contribution in [1.29, 1.82) is 0 Å². The second kappa shape index (κ2) is 11.4. The summed E-state index contributed by atoms with van der Waals surface area (Å²) in [5.41, 5.74) is 9.36. The zero-order valence-electron chi connectivity index (χ0n) is 25.6. The molecule has 0 unspecified atom stereocenters. The van der Waals surface area contributed by atoms with Crippen molar-refractivity contribution in [1.82, 2.24) is 29.2 Å². The third kappa shape index (κ3) is 4.98.